The van der Waals surface area contributed by atoms with Crippen molar-refractivity contribution in [2.45, 2.75) is 0 Å². The van der Waals surface area contributed by atoms with E-state index in [1.54, 1.807) is 66.7 Å². The van der Waals surface area contributed by atoms with Crippen molar-refractivity contribution >= 4 is 27.8 Å². The molecule has 0 fully saturated rings. The number of hydrogen-bond acceptors (Lipinski definition) is 1. The van der Waals surface area contributed by atoms with Crippen molar-refractivity contribution in [3.05, 3.63) is 200 Å². The maximum Gasteiger partial charge on any atom is 0.0651 e. The zero-order valence-electron chi connectivity index (χ0n) is 37.1. The predicted molar refractivity (Wildman–Crippen MR) is 200 cm³/mol. The molecule has 47 heavy (non-hydrogen) atoms. The number of hydrogen-bond donors (Lipinski definition) is 0. The molecule has 1 heteroatoms. The fourth-order valence-corrected chi connectivity index (χ4v) is 5.48. The van der Waals surface area contributed by atoms with E-state index in [-0.39, 0.29) is 16.7 Å². The van der Waals surface area contributed by atoms with E-state index in [0.29, 0.717) is 16.7 Å². The molecule has 0 aromatic heterocycles. The first-order valence-electron chi connectivity index (χ1n) is 21.1. The largest absolute Gasteiger partial charge is 0.310 e. The van der Waals surface area contributed by atoms with Gasteiger partial charge in [0.05, 0.1) is 16.4 Å². The van der Waals surface area contributed by atoms with Crippen LogP contribution in [0.25, 0.3) is 55.3 Å². The first-order valence-corrected chi connectivity index (χ1v) is 15.1. The Bertz CT molecular complexity index is 2910. The highest BCUT2D eigenvalue weighted by Crippen LogP contribution is 2.39. The SMILES string of the molecule is [2H]c1c([2H])c(-c2ccc3ccccc3c2)c([2H])c(N(c2c([2H])c([2H])c(-c3ccccc3)c([2H])c2[2H])c2c([2H])c([2H])c(-c3cccc(-c4ccccc4)c3)c([2H])c2[2H])c1[2H]. The van der Waals surface area contributed by atoms with Gasteiger partial charge in [-0.25, -0.2) is 0 Å². The summed E-state index contributed by atoms with van der Waals surface area (Å²) in [5.41, 5.74) is 0.971. The average Bonchev–Trinajstić information content (AvgIpc) is 3.25. The smallest absolute Gasteiger partial charge is 0.0651 e. The average molecular weight is 612 g/mol. The molecular formula is C46H33N. The Morgan fingerprint density at radius 3 is 1.49 bits per heavy atom. The van der Waals surface area contributed by atoms with E-state index in [1.807, 2.05) is 60.7 Å². The zero-order chi connectivity index (χ0) is 41.9. The van der Waals surface area contributed by atoms with Gasteiger partial charge in [-0.3, -0.25) is 0 Å². The molecule has 8 aromatic carbocycles. The van der Waals surface area contributed by atoms with Crippen LogP contribution in [-0.4, -0.2) is 0 Å². The molecule has 0 saturated carbocycles. The lowest BCUT2D eigenvalue weighted by atomic mass is 9.98. The van der Waals surface area contributed by atoms with Gasteiger partial charge in [0.1, 0.15) is 0 Å². The van der Waals surface area contributed by atoms with Crippen LogP contribution in [0, 0.1) is 0 Å². The van der Waals surface area contributed by atoms with E-state index in [9.17, 15) is 11.0 Å². The maximum atomic E-state index is 9.66. The van der Waals surface area contributed by atoms with Crippen molar-refractivity contribution in [1.29, 1.82) is 0 Å². The lowest BCUT2D eigenvalue weighted by molar-refractivity contribution is 1.28. The van der Waals surface area contributed by atoms with Crippen molar-refractivity contribution in [2.24, 2.45) is 0 Å². The Labute approximate surface area is 293 Å². The molecule has 8 aromatic rings. The van der Waals surface area contributed by atoms with E-state index < -0.39 is 89.6 Å². The molecule has 0 bridgehead atoms. The molecular weight excluding hydrogens is 567 g/mol. The fourth-order valence-electron chi connectivity index (χ4n) is 5.48. The highest BCUT2D eigenvalue weighted by molar-refractivity contribution is 5.89. The number of benzene rings is 8. The summed E-state index contributed by atoms with van der Waals surface area (Å²) < 4.78 is 112. The second kappa shape index (κ2) is 12.7. The third-order valence-electron chi connectivity index (χ3n) is 7.87. The summed E-state index contributed by atoms with van der Waals surface area (Å²) in [4.78, 5) is 0.882. The van der Waals surface area contributed by atoms with Crippen molar-refractivity contribution in [1.82, 2.24) is 0 Å². The summed E-state index contributed by atoms with van der Waals surface area (Å²) >= 11 is 0. The van der Waals surface area contributed by atoms with Gasteiger partial charge in [-0.05, 0) is 104 Å². The molecule has 0 aliphatic rings. The minimum Gasteiger partial charge on any atom is -0.310 e. The van der Waals surface area contributed by atoms with E-state index in [1.165, 1.54) is 0 Å². The van der Waals surface area contributed by atoms with Crippen LogP contribution in [0.1, 0.15) is 16.4 Å². The van der Waals surface area contributed by atoms with Gasteiger partial charge in [0.25, 0.3) is 0 Å². The van der Waals surface area contributed by atoms with E-state index in [0.717, 1.165) is 26.8 Å². The van der Waals surface area contributed by atoms with Gasteiger partial charge in [0.15, 0.2) is 0 Å². The number of nitrogens with zero attached hydrogens (tertiary/aromatic N) is 1. The normalized spacial score (nSPS) is 14.6. The van der Waals surface area contributed by atoms with Crippen LogP contribution in [0.4, 0.5) is 17.1 Å². The van der Waals surface area contributed by atoms with Crippen LogP contribution in [0.15, 0.2) is 200 Å². The zero-order valence-corrected chi connectivity index (χ0v) is 25.1. The Balaban J connectivity index is 1.46. The van der Waals surface area contributed by atoms with E-state index >= 15 is 0 Å². The fraction of sp³-hybridized carbons (Fsp3) is 0. The second-order valence-corrected chi connectivity index (χ2v) is 10.9. The molecule has 0 heterocycles. The van der Waals surface area contributed by atoms with Crippen molar-refractivity contribution in [3.63, 3.8) is 0 Å². The van der Waals surface area contributed by atoms with Crippen LogP contribution in [0.3, 0.4) is 0 Å². The Morgan fingerprint density at radius 1 is 0.319 bits per heavy atom. The molecule has 0 radical (unpaired) electrons. The summed E-state index contributed by atoms with van der Waals surface area (Å²) in [6.45, 7) is 0. The Hall–Kier alpha value is -6.18. The summed E-state index contributed by atoms with van der Waals surface area (Å²) in [6, 6.07) is 30.6. The van der Waals surface area contributed by atoms with Crippen LogP contribution >= 0.6 is 0 Å². The first-order chi connectivity index (χ1) is 28.3. The molecule has 0 atom stereocenters. The molecule has 0 unspecified atom stereocenters. The first kappa shape index (κ1) is 18.1. The summed E-state index contributed by atoms with van der Waals surface area (Å²) in [6.07, 6.45) is 0. The standard InChI is InChI=1S/C46H33N/c1-3-11-34(12-4-1)37-23-27-44(28-24-37)47(46-20-10-19-42(33-46)43-22-21-36-15-7-8-16-39(36)32-43)45-29-25-38(26-30-45)41-18-9-17-40(31-41)35-13-5-2-6-14-35/h1-33H/i10D,19D,20D,23D,24D,25D,26D,27D,28D,29D,30D,33D. The van der Waals surface area contributed by atoms with Gasteiger partial charge >= 0.3 is 0 Å². The Morgan fingerprint density at radius 2 is 0.830 bits per heavy atom. The molecule has 0 amide bonds. The maximum absolute atomic E-state index is 9.66. The van der Waals surface area contributed by atoms with Gasteiger partial charge in [-0.2, -0.15) is 0 Å². The minimum atomic E-state index is -0.718. The molecule has 8 rings (SSSR count). The lowest BCUT2D eigenvalue weighted by Gasteiger charge is -2.26. The van der Waals surface area contributed by atoms with Crippen molar-refractivity contribution < 1.29 is 16.4 Å². The molecule has 0 N–H and O–H groups in total. The predicted octanol–water partition coefficient (Wildman–Crippen LogP) is 13.0. The molecule has 0 aliphatic heterocycles. The highest BCUT2D eigenvalue weighted by atomic mass is 15.1. The molecule has 1 nitrogen and oxygen atoms in total. The van der Waals surface area contributed by atoms with Crippen LogP contribution in [0.2, 0.25) is 0 Å². The monoisotopic (exact) mass is 611 g/mol. The third-order valence-corrected chi connectivity index (χ3v) is 7.87. The summed E-state index contributed by atoms with van der Waals surface area (Å²) in [5.74, 6) is 0. The van der Waals surface area contributed by atoms with Crippen molar-refractivity contribution in [2.75, 3.05) is 4.90 Å². The van der Waals surface area contributed by atoms with Gasteiger partial charge in [0, 0.05) is 17.1 Å². The quantitative estimate of drug-likeness (QED) is 0.173. The van der Waals surface area contributed by atoms with Gasteiger partial charge in [-0.1, -0.05) is 152 Å². The van der Waals surface area contributed by atoms with Gasteiger partial charge < -0.3 is 4.90 Å². The molecule has 222 valence electrons. The van der Waals surface area contributed by atoms with E-state index in [4.69, 9.17) is 5.48 Å². The third kappa shape index (κ3) is 5.95. The minimum absolute atomic E-state index is 0.0331. The molecule has 0 saturated heterocycles. The van der Waals surface area contributed by atoms with Crippen molar-refractivity contribution in [3.8, 4) is 44.5 Å². The van der Waals surface area contributed by atoms with E-state index in [2.05, 4.69) is 0 Å². The molecule has 0 aliphatic carbocycles. The van der Waals surface area contributed by atoms with Gasteiger partial charge in [0.2, 0.25) is 0 Å². The van der Waals surface area contributed by atoms with Crippen LogP contribution in [-0.2, 0) is 0 Å². The topological polar surface area (TPSA) is 3.24 Å². The highest BCUT2D eigenvalue weighted by Gasteiger charge is 2.15. The van der Waals surface area contributed by atoms with Gasteiger partial charge in [-0.15, -0.1) is 0 Å². The second-order valence-electron chi connectivity index (χ2n) is 10.9. The summed E-state index contributed by atoms with van der Waals surface area (Å²) in [5, 5.41) is 1.64. The summed E-state index contributed by atoms with van der Waals surface area (Å²) in [7, 11) is 0. The van der Waals surface area contributed by atoms with Crippen LogP contribution in [0.5, 0.6) is 0 Å². The lowest BCUT2D eigenvalue weighted by Crippen LogP contribution is -2.10. The molecule has 0 spiro atoms. The number of rotatable bonds is 7. The van der Waals surface area contributed by atoms with Crippen LogP contribution < -0.4 is 4.90 Å². The Kier molecular flexibility index (Phi) is 4.88. The number of fused-ring (bicyclic) bond motifs is 1. The number of anilines is 3.